The highest BCUT2D eigenvalue weighted by Crippen LogP contribution is 2.54. The first-order valence-corrected chi connectivity index (χ1v) is 9.95. The maximum Gasteiger partial charge on any atom is 0.342 e. The fourth-order valence-corrected chi connectivity index (χ4v) is 5.47. The highest BCUT2D eigenvalue weighted by Gasteiger charge is 2.58. The van der Waals surface area contributed by atoms with Crippen molar-refractivity contribution in [1.82, 2.24) is 0 Å². The molecule has 2 aromatic carbocycles. The molecule has 2 aromatic rings. The molecule has 3 heterocycles. The van der Waals surface area contributed by atoms with Crippen LogP contribution in [-0.2, 0) is 14.4 Å². The summed E-state index contributed by atoms with van der Waals surface area (Å²) in [6.45, 7) is 0. The number of fused-ring (bicyclic) bond motifs is 5. The van der Waals surface area contributed by atoms with Crippen molar-refractivity contribution in [2.45, 2.75) is 11.2 Å². The molecule has 0 aliphatic carbocycles. The van der Waals surface area contributed by atoms with Gasteiger partial charge in [0.05, 0.1) is 27.8 Å². The van der Waals surface area contributed by atoms with E-state index in [1.54, 1.807) is 24.3 Å². The lowest BCUT2D eigenvalue weighted by molar-refractivity contribution is -0.131. The van der Waals surface area contributed by atoms with Crippen molar-refractivity contribution < 1.29 is 29.0 Å². The maximum absolute atomic E-state index is 13.4. The van der Waals surface area contributed by atoms with Crippen molar-refractivity contribution in [3.05, 3.63) is 70.3 Å². The summed E-state index contributed by atoms with van der Waals surface area (Å²) in [6.07, 6.45) is 0. The first kappa shape index (κ1) is 18.4. The van der Waals surface area contributed by atoms with E-state index in [-0.39, 0.29) is 21.9 Å². The van der Waals surface area contributed by atoms with Gasteiger partial charge in [0.1, 0.15) is 11.0 Å². The fourth-order valence-electron chi connectivity index (χ4n) is 4.24. The van der Waals surface area contributed by atoms with Crippen LogP contribution in [-0.4, -0.2) is 34.1 Å². The van der Waals surface area contributed by atoms with Gasteiger partial charge < -0.3 is 15.6 Å². The average Bonchev–Trinajstić information content (AvgIpc) is 2.97. The van der Waals surface area contributed by atoms with Gasteiger partial charge in [-0.3, -0.25) is 9.59 Å². The molecule has 2 amide bonds. The van der Waals surface area contributed by atoms with Crippen molar-refractivity contribution in [1.29, 1.82) is 0 Å². The molecule has 3 N–H and O–H groups in total. The first-order chi connectivity index (χ1) is 14.4. The van der Waals surface area contributed by atoms with E-state index in [9.17, 15) is 24.3 Å². The number of ether oxygens (including phenoxy) is 1. The van der Waals surface area contributed by atoms with Crippen LogP contribution in [0.1, 0.15) is 21.8 Å². The standard InChI is InChI=1S/C21H14N2O6S/c22-17-15-13(11-6-1-2-7-12(11)29-21(15)28)14-16(30-17)19(25)23(18(14)24)10-5-3-4-9(8-10)20(26)27/h1-8,13-14,16H,22H2,(H,26,27)/t13-,14-,16+/m1/s1. The lowest BCUT2D eigenvalue weighted by Crippen LogP contribution is -2.39. The van der Waals surface area contributed by atoms with E-state index >= 15 is 0 Å². The molecule has 3 aliphatic heterocycles. The van der Waals surface area contributed by atoms with Crippen LogP contribution in [0.3, 0.4) is 0 Å². The molecule has 0 unspecified atom stereocenters. The number of hydrogen-bond donors (Lipinski definition) is 2. The molecule has 1 fully saturated rings. The van der Waals surface area contributed by atoms with E-state index < -0.39 is 40.8 Å². The van der Waals surface area contributed by atoms with Crippen LogP contribution in [0.2, 0.25) is 0 Å². The van der Waals surface area contributed by atoms with Gasteiger partial charge in [0.25, 0.3) is 0 Å². The van der Waals surface area contributed by atoms with Gasteiger partial charge in [0.15, 0.2) is 0 Å². The molecular weight excluding hydrogens is 408 g/mol. The van der Waals surface area contributed by atoms with Crippen LogP contribution in [0.4, 0.5) is 5.69 Å². The van der Waals surface area contributed by atoms with E-state index in [1.807, 2.05) is 0 Å². The van der Waals surface area contributed by atoms with Crippen LogP contribution in [0.15, 0.2) is 59.1 Å². The first-order valence-electron chi connectivity index (χ1n) is 9.07. The van der Waals surface area contributed by atoms with E-state index in [4.69, 9.17) is 10.5 Å². The second-order valence-corrected chi connectivity index (χ2v) is 8.30. The number of para-hydroxylation sites is 1. The highest BCUT2D eigenvalue weighted by atomic mass is 32.2. The zero-order valence-electron chi connectivity index (χ0n) is 15.3. The van der Waals surface area contributed by atoms with Crippen molar-refractivity contribution >= 4 is 41.2 Å². The van der Waals surface area contributed by atoms with Crippen LogP contribution >= 0.6 is 11.8 Å². The largest absolute Gasteiger partial charge is 0.478 e. The van der Waals surface area contributed by atoms with Gasteiger partial charge in [-0.25, -0.2) is 14.5 Å². The van der Waals surface area contributed by atoms with E-state index in [1.165, 1.54) is 24.3 Å². The number of nitrogens with two attached hydrogens (primary N) is 1. The van der Waals surface area contributed by atoms with E-state index in [2.05, 4.69) is 0 Å². The number of amides is 2. The predicted molar refractivity (Wildman–Crippen MR) is 107 cm³/mol. The maximum atomic E-state index is 13.4. The van der Waals surface area contributed by atoms with Crippen LogP contribution < -0.4 is 15.4 Å². The summed E-state index contributed by atoms with van der Waals surface area (Å²) in [4.78, 5) is 51.5. The summed E-state index contributed by atoms with van der Waals surface area (Å²) < 4.78 is 5.37. The minimum absolute atomic E-state index is 0.0412. The summed E-state index contributed by atoms with van der Waals surface area (Å²) in [7, 11) is 0. The number of carboxylic acids is 1. The van der Waals surface area contributed by atoms with Gasteiger partial charge in [-0.15, -0.1) is 0 Å². The Hall–Kier alpha value is -3.59. The summed E-state index contributed by atoms with van der Waals surface area (Å²) in [5.74, 6) is -4.02. The SMILES string of the molecule is NC1=C2C(=O)Oc3ccccc3[C@@H]2[C@H]2C(=O)N(c3cccc(C(=O)O)c3)C(=O)[C@H]2S1. The molecule has 0 aromatic heterocycles. The number of benzene rings is 2. The van der Waals surface area contributed by atoms with Crippen LogP contribution in [0, 0.1) is 5.92 Å². The van der Waals surface area contributed by atoms with E-state index in [0.29, 0.717) is 11.3 Å². The van der Waals surface area contributed by atoms with Crippen LogP contribution in [0.5, 0.6) is 5.75 Å². The zero-order chi connectivity index (χ0) is 21.2. The Kier molecular flexibility index (Phi) is 3.97. The molecule has 3 atom stereocenters. The molecule has 8 nitrogen and oxygen atoms in total. The molecule has 9 heteroatoms. The Morgan fingerprint density at radius 2 is 1.83 bits per heavy atom. The van der Waals surface area contributed by atoms with Gasteiger partial charge in [-0.2, -0.15) is 0 Å². The van der Waals surface area contributed by atoms with Gasteiger partial charge >= 0.3 is 11.9 Å². The minimum atomic E-state index is -1.17. The summed E-state index contributed by atoms with van der Waals surface area (Å²) in [5, 5.41) is 8.59. The fraction of sp³-hybridized carbons (Fsp3) is 0.143. The third-order valence-electron chi connectivity index (χ3n) is 5.51. The zero-order valence-corrected chi connectivity index (χ0v) is 16.1. The molecule has 0 bridgehead atoms. The number of esters is 1. The van der Waals surface area contributed by atoms with Crippen molar-refractivity contribution in [3.63, 3.8) is 0 Å². The Balaban J connectivity index is 1.64. The lowest BCUT2D eigenvalue weighted by atomic mass is 9.77. The normalized spacial score (nSPS) is 24.9. The Morgan fingerprint density at radius 3 is 2.60 bits per heavy atom. The number of nitrogens with zero attached hydrogens (tertiary/aromatic N) is 1. The number of carbonyl (C=O) groups is 4. The van der Waals surface area contributed by atoms with Gasteiger partial charge in [0, 0.05) is 11.5 Å². The Labute approximate surface area is 174 Å². The number of carbonyl (C=O) groups excluding carboxylic acids is 3. The monoisotopic (exact) mass is 422 g/mol. The van der Waals surface area contributed by atoms with Gasteiger partial charge in [-0.05, 0) is 24.3 Å². The number of rotatable bonds is 2. The molecule has 3 aliphatic rings. The third-order valence-corrected chi connectivity index (χ3v) is 6.74. The summed E-state index contributed by atoms with van der Waals surface area (Å²) in [5.41, 5.74) is 7.06. The van der Waals surface area contributed by atoms with Crippen molar-refractivity contribution in [3.8, 4) is 5.75 Å². The van der Waals surface area contributed by atoms with Gasteiger partial charge in [-0.1, -0.05) is 36.0 Å². The smallest absolute Gasteiger partial charge is 0.342 e. The number of imide groups is 1. The quantitative estimate of drug-likeness (QED) is 0.427. The van der Waals surface area contributed by atoms with E-state index in [0.717, 1.165) is 16.7 Å². The highest BCUT2D eigenvalue weighted by molar-refractivity contribution is 8.04. The number of carboxylic acid groups (broad SMARTS) is 1. The molecule has 0 spiro atoms. The number of anilines is 1. The summed E-state index contributed by atoms with van der Waals surface area (Å²) in [6, 6.07) is 12.5. The molecule has 1 saturated heterocycles. The predicted octanol–water partition coefficient (Wildman–Crippen LogP) is 1.86. The number of aromatic carboxylic acids is 1. The van der Waals surface area contributed by atoms with Crippen molar-refractivity contribution in [2.24, 2.45) is 11.7 Å². The third kappa shape index (κ3) is 2.48. The molecule has 0 radical (unpaired) electrons. The Bertz CT molecular complexity index is 1190. The second-order valence-electron chi connectivity index (χ2n) is 7.11. The molecule has 30 heavy (non-hydrogen) atoms. The number of hydrogen-bond acceptors (Lipinski definition) is 7. The number of thioether (sulfide) groups is 1. The summed E-state index contributed by atoms with van der Waals surface area (Å²) >= 11 is 0.970. The lowest BCUT2D eigenvalue weighted by Gasteiger charge is -2.36. The average molecular weight is 422 g/mol. The molecular formula is C21H14N2O6S. The second kappa shape index (κ2) is 6.46. The molecule has 150 valence electrons. The Morgan fingerprint density at radius 1 is 1.07 bits per heavy atom. The van der Waals surface area contributed by atoms with Gasteiger partial charge in [0.2, 0.25) is 11.8 Å². The molecule has 5 rings (SSSR count). The van der Waals surface area contributed by atoms with Crippen molar-refractivity contribution in [2.75, 3.05) is 4.90 Å². The topological polar surface area (TPSA) is 127 Å². The minimum Gasteiger partial charge on any atom is -0.478 e. The molecule has 0 saturated carbocycles. The van der Waals surface area contributed by atoms with Crippen LogP contribution in [0.25, 0.3) is 0 Å².